The maximum Gasteiger partial charge on any atom is 0.419 e. The van der Waals surface area contributed by atoms with E-state index in [0.717, 1.165) is 25.2 Å². The van der Waals surface area contributed by atoms with Crippen molar-refractivity contribution in [2.75, 3.05) is 26.7 Å². The number of benzene rings is 1. The van der Waals surface area contributed by atoms with E-state index in [4.69, 9.17) is 4.42 Å². The Kier molecular flexibility index (Phi) is 4.52. The van der Waals surface area contributed by atoms with Crippen LogP contribution < -0.4 is 5.76 Å². The maximum absolute atomic E-state index is 12.4. The van der Waals surface area contributed by atoms with Gasteiger partial charge in [-0.05, 0) is 32.5 Å². The summed E-state index contributed by atoms with van der Waals surface area (Å²) in [6, 6.07) is 7.62. The van der Waals surface area contributed by atoms with Gasteiger partial charge in [-0.25, -0.2) is 4.79 Å². The lowest BCUT2D eigenvalue weighted by molar-refractivity contribution is -0.135. The molecule has 1 amide bonds. The quantitative estimate of drug-likeness (QED) is 0.858. The van der Waals surface area contributed by atoms with Crippen LogP contribution in [0.5, 0.6) is 0 Å². The molecule has 6 nitrogen and oxygen atoms in total. The van der Waals surface area contributed by atoms with Gasteiger partial charge in [0.25, 0.3) is 0 Å². The summed E-state index contributed by atoms with van der Waals surface area (Å²) >= 11 is 0. The standard InChI is InChI=1S/C17H23N3O3/c1-13-12-18(2)10-11-19(13)16(21)8-5-9-20-14-6-3-4-7-15(14)23-17(20)22/h3-4,6-7,13H,5,8-12H2,1-2H3/t13-/m0/s1. The number of carbonyl (C=O) groups excluding carboxylic acids is 1. The van der Waals surface area contributed by atoms with Crippen molar-refractivity contribution < 1.29 is 9.21 Å². The van der Waals surface area contributed by atoms with Gasteiger partial charge in [0.05, 0.1) is 5.52 Å². The Morgan fingerprint density at radius 2 is 2.09 bits per heavy atom. The molecule has 2 aromatic rings. The summed E-state index contributed by atoms with van der Waals surface area (Å²) in [5, 5.41) is 0. The van der Waals surface area contributed by atoms with E-state index in [0.29, 0.717) is 25.0 Å². The number of oxazole rings is 1. The van der Waals surface area contributed by atoms with Crippen LogP contribution in [0, 0.1) is 0 Å². The number of carbonyl (C=O) groups is 1. The van der Waals surface area contributed by atoms with Crippen LogP contribution in [-0.4, -0.2) is 53.0 Å². The van der Waals surface area contributed by atoms with Crippen molar-refractivity contribution >= 4 is 17.0 Å². The third-order valence-electron chi connectivity index (χ3n) is 4.50. The van der Waals surface area contributed by atoms with E-state index < -0.39 is 0 Å². The number of amides is 1. The SMILES string of the molecule is C[C@H]1CN(C)CCN1C(=O)CCCn1c(=O)oc2ccccc21. The average Bonchev–Trinajstić information content (AvgIpc) is 2.83. The van der Waals surface area contributed by atoms with Gasteiger partial charge in [0.1, 0.15) is 0 Å². The first-order valence-corrected chi connectivity index (χ1v) is 8.12. The molecular formula is C17H23N3O3. The van der Waals surface area contributed by atoms with E-state index in [1.807, 2.05) is 23.1 Å². The van der Waals surface area contributed by atoms with Crippen molar-refractivity contribution in [2.24, 2.45) is 0 Å². The predicted molar refractivity (Wildman–Crippen MR) is 88.4 cm³/mol. The molecule has 0 unspecified atom stereocenters. The van der Waals surface area contributed by atoms with Crippen LogP contribution >= 0.6 is 0 Å². The number of piperazine rings is 1. The zero-order valence-corrected chi connectivity index (χ0v) is 13.7. The summed E-state index contributed by atoms with van der Waals surface area (Å²) in [6.07, 6.45) is 1.10. The van der Waals surface area contributed by atoms with Gasteiger partial charge >= 0.3 is 5.76 Å². The molecule has 1 saturated heterocycles. The molecule has 3 rings (SSSR count). The van der Waals surface area contributed by atoms with Crippen LogP contribution in [0.4, 0.5) is 0 Å². The minimum absolute atomic E-state index is 0.173. The monoisotopic (exact) mass is 317 g/mol. The molecule has 1 fully saturated rings. The van der Waals surface area contributed by atoms with E-state index in [9.17, 15) is 9.59 Å². The molecule has 0 spiro atoms. The minimum Gasteiger partial charge on any atom is -0.408 e. The fourth-order valence-corrected chi connectivity index (χ4v) is 3.27. The average molecular weight is 317 g/mol. The van der Waals surface area contributed by atoms with Gasteiger partial charge in [-0.2, -0.15) is 0 Å². The van der Waals surface area contributed by atoms with Crippen LogP contribution in [0.1, 0.15) is 19.8 Å². The number of aryl methyl sites for hydroxylation is 1. The van der Waals surface area contributed by atoms with Crippen LogP contribution in [0.15, 0.2) is 33.5 Å². The van der Waals surface area contributed by atoms with Crippen LogP contribution in [0.2, 0.25) is 0 Å². The molecule has 1 aliphatic heterocycles. The first kappa shape index (κ1) is 15.8. The second-order valence-corrected chi connectivity index (χ2v) is 6.29. The second-order valence-electron chi connectivity index (χ2n) is 6.29. The molecule has 2 heterocycles. The topological polar surface area (TPSA) is 58.7 Å². The highest BCUT2D eigenvalue weighted by atomic mass is 16.4. The zero-order valence-electron chi connectivity index (χ0n) is 13.7. The van der Waals surface area contributed by atoms with Crippen molar-refractivity contribution in [3.63, 3.8) is 0 Å². The highest BCUT2D eigenvalue weighted by Gasteiger charge is 2.25. The summed E-state index contributed by atoms with van der Waals surface area (Å²) in [7, 11) is 2.08. The summed E-state index contributed by atoms with van der Waals surface area (Å²) in [5.74, 6) is -0.182. The van der Waals surface area contributed by atoms with Crippen LogP contribution in [0.25, 0.3) is 11.1 Å². The molecule has 0 bridgehead atoms. The van der Waals surface area contributed by atoms with Gasteiger partial charge < -0.3 is 14.2 Å². The van der Waals surface area contributed by atoms with Crippen molar-refractivity contribution in [1.82, 2.24) is 14.4 Å². The number of hydrogen-bond acceptors (Lipinski definition) is 4. The van der Waals surface area contributed by atoms with Gasteiger partial charge in [-0.1, -0.05) is 12.1 Å². The number of likely N-dealkylation sites (N-methyl/N-ethyl adjacent to an activating group) is 1. The first-order chi connectivity index (χ1) is 11.1. The molecule has 1 atom stereocenters. The third kappa shape index (κ3) is 3.32. The summed E-state index contributed by atoms with van der Waals surface area (Å²) in [4.78, 5) is 28.5. The van der Waals surface area contributed by atoms with Gasteiger partial charge in [0, 0.05) is 38.6 Å². The smallest absolute Gasteiger partial charge is 0.408 e. The Hall–Kier alpha value is -2.08. The molecule has 124 valence electrons. The van der Waals surface area contributed by atoms with Gasteiger partial charge in [-0.3, -0.25) is 9.36 Å². The zero-order chi connectivity index (χ0) is 16.4. The second kappa shape index (κ2) is 6.58. The number of para-hydroxylation sites is 2. The summed E-state index contributed by atoms with van der Waals surface area (Å²) in [5.41, 5.74) is 1.38. The van der Waals surface area contributed by atoms with Gasteiger partial charge in [-0.15, -0.1) is 0 Å². The lowest BCUT2D eigenvalue weighted by Gasteiger charge is -2.38. The Morgan fingerprint density at radius 1 is 1.30 bits per heavy atom. The molecule has 0 aliphatic carbocycles. The summed E-state index contributed by atoms with van der Waals surface area (Å²) in [6.45, 7) is 5.20. The van der Waals surface area contributed by atoms with Crippen molar-refractivity contribution in [3.8, 4) is 0 Å². The van der Waals surface area contributed by atoms with Crippen molar-refractivity contribution in [3.05, 3.63) is 34.8 Å². The minimum atomic E-state index is -0.355. The van der Waals surface area contributed by atoms with Crippen LogP contribution in [0.3, 0.4) is 0 Å². The van der Waals surface area contributed by atoms with Crippen LogP contribution in [-0.2, 0) is 11.3 Å². The lowest BCUT2D eigenvalue weighted by atomic mass is 10.1. The number of aromatic nitrogens is 1. The molecule has 1 aromatic heterocycles. The fraction of sp³-hybridized carbons (Fsp3) is 0.529. The van der Waals surface area contributed by atoms with E-state index in [-0.39, 0.29) is 17.7 Å². The molecular weight excluding hydrogens is 294 g/mol. The molecule has 6 heteroatoms. The van der Waals surface area contributed by atoms with E-state index in [1.165, 1.54) is 0 Å². The molecule has 0 N–H and O–H groups in total. The van der Waals surface area contributed by atoms with E-state index >= 15 is 0 Å². The highest BCUT2D eigenvalue weighted by Crippen LogP contribution is 2.14. The van der Waals surface area contributed by atoms with E-state index in [2.05, 4.69) is 18.9 Å². The molecule has 0 saturated carbocycles. The Morgan fingerprint density at radius 3 is 2.87 bits per heavy atom. The Bertz CT molecular complexity index is 749. The third-order valence-corrected chi connectivity index (χ3v) is 4.50. The lowest BCUT2D eigenvalue weighted by Crippen LogP contribution is -2.52. The molecule has 1 aliphatic rings. The number of nitrogens with zero attached hydrogens (tertiary/aromatic N) is 3. The molecule has 23 heavy (non-hydrogen) atoms. The number of hydrogen-bond donors (Lipinski definition) is 0. The maximum atomic E-state index is 12.4. The first-order valence-electron chi connectivity index (χ1n) is 8.12. The number of fused-ring (bicyclic) bond motifs is 1. The normalized spacial score (nSPS) is 19.4. The highest BCUT2D eigenvalue weighted by molar-refractivity contribution is 5.76. The summed E-state index contributed by atoms with van der Waals surface area (Å²) < 4.78 is 6.82. The fourth-order valence-electron chi connectivity index (χ4n) is 3.27. The number of rotatable bonds is 4. The predicted octanol–water partition coefficient (Wildman–Crippen LogP) is 1.54. The molecule has 1 aromatic carbocycles. The largest absolute Gasteiger partial charge is 0.419 e. The van der Waals surface area contributed by atoms with Crippen molar-refractivity contribution in [1.29, 1.82) is 0 Å². The van der Waals surface area contributed by atoms with Gasteiger partial charge in [0.15, 0.2) is 5.58 Å². The Labute approximate surface area is 135 Å². The molecule has 0 radical (unpaired) electrons. The van der Waals surface area contributed by atoms with E-state index in [1.54, 1.807) is 10.6 Å². The Balaban J connectivity index is 1.59. The van der Waals surface area contributed by atoms with Gasteiger partial charge in [0.2, 0.25) is 5.91 Å². The van der Waals surface area contributed by atoms with Crippen molar-refractivity contribution in [2.45, 2.75) is 32.4 Å².